The van der Waals surface area contributed by atoms with Crippen LogP contribution in [0.2, 0.25) is 0 Å². The molecule has 0 fully saturated rings. The van der Waals surface area contributed by atoms with E-state index in [0.717, 1.165) is 17.0 Å². The number of aliphatic hydroxyl groups excluding tert-OH is 2. The lowest BCUT2D eigenvalue weighted by Gasteiger charge is -2.06. The van der Waals surface area contributed by atoms with E-state index in [-0.39, 0.29) is 12.4 Å². The molecule has 2 N–H and O–H groups in total. The van der Waals surface area contributed by atoms with E-state index in [2.05, 4.69) is 0 Å². The zero-order valence-electron chi connectivity index (χ0n) is 10.4. The van der Waals surface area contributed by atoms with Gasteiger partial charge in [-0.2, -0.15) is 11.8 Å². The highest BCUT2D eigenvalue weighted by molar-refractivity contribution is 8.00. The van der Waals surface area contributed by atoms with Crippen LogP contribution in [0.5, 0.6) is 0 Å². The van der Waals surface area contributed by atoms with Crippen molar-refractivity contribution in [2.45, 2.75) is 20.0 Å². The van der Waals surface area contributed by atoms with E-state index < -0.39 is 6.10 Å². The first-order chi connectivity index (χ1) is 7.97. The summed E-state index contributed by atoms with van der Waals surface area (Å²) in [5.41, 5.74) is 2.78. The van der Waals surface area contributed by atoms with Gasteiger partial charge in [0.25, 0.3) is 0 Å². The fourth-order valence-corrected chi connectivity index (χ4v) is 2.39. The van der Waals surface area contributed by atoms with Crippen LogP contribution in [-0.4, -0.2) is 44.8 Å². The molecule has 0 bridgehead atoms. The minimum absolute atomic E-state index is 0.0707. The lowest BCUT2D eigenvalue weighted by molar-refractivity contribution is 0.102. The highest BCUT2D eigenvalue weighted by Gasteiger charge is 2.14. The minimum Gasteiger partial charge on any atom is -0.394 e. The molecule has 0 spiro atoms. The van der Waals surface area contributed by atoms with Crippen molar-refractivity contribution in [3.63, 3.8) is 0 Å². The Morgan fingerprint density at radius 3 is 2.65 bits per heavy atom. The zero-order chi connectivity index (χ0) is 13.0. The van der Waals surface area contributed by atoms with E-state index in [1.54, 1.807) is 0 Å². The number of hydrogen-bond acceptors (Lipinski definition) is 4. The summed E-state index contributed by atoms with van der Waals surface area (Å²) in [5.74, 6) is 0.787. The SMILES string of the molecule is Cc1cc(C(=O)CSCC(O)CO)c(C)n1C. The maximum Gasteiger partial charge on any atom is 0.174 e. The average Bonchev–Trinajstić information content (AvgIpc) is 2.56. The van der Waals surface area contributed by atoms with Crippen molar-refractivity contribution in [2.24, 2.45) is 7.05 Å². The van der Waals surface area contributed by atoms with Crippen molar-refractivity contribution in [3.05, 3.63) is 23.0 Å². The lowest BCUT2D eigenvalue weighted by atomic mass is 10.2. The molecule has 17 heavy (non-hydrogen) atoms. The molecule has 5 heteroatoms. The van der Waals surface area contributed by atoms with Crippen LogP contribution in [0, 0.1) is 13.8 Å². The number of nitrogens with zero attached hydrogens (tertiary/aromatic N) is 1. The molecular formula is C12H19NO3S. The zero-order valence-corrected chi connectivity index (χ0v) is 11.3. The summed E-state index contributed by atoms with van der Waals surface area (Å²) in [6.45, 7) is 3.63. The summed E-state index contributed by atoms with van der Waals surface area (Å²) in [6, 6.07) is 1.89. The number of aryl methyl sites for hydroxylation is 1. The molecule has 1 atom stereocenters. The molecule has 4 nitrogen and oxygen atoms in total. The van der Waals surface area contributed by atoms with Gasteiger partial charge in [-0.1, -0.05) is 0 Å². The van der Waals surface area contributed by atoms with Crippen LogP contribution in [0.1, 0.15) is 21.7 Å². The van der Waals surface area contributed by atoms with E-state index in [9.17, 15) is 4.79 Å². The molecule has 1 unspecified atom stereocenters. The van der Waals surface area contributed by atoms with Crippen LogP contribution in [0.4, 0.5) is 0 Å². The second-order valence-electron chi connectivity index (χ2n) is 4.12. The second kappa shape index (κ2) is 6.23. The molecule has 0 aliphatic rings. The normalized spacial score (nSPS) is 12.8. The highest BCUT2D eigenvalue weighted by Crippen LogP contribution is 2.16. The smallest absolute Gasteiger partial charge is 0.174 e. The summed E-state index contributed by atoms with van der Waals surface area (Å²) in [4.78, 5) is 11.9. The largest absolute Gasteiger partial charge is 0.394 e. The molecule has 0 aromatic carbocycles. The number of aliphatic hydroxyl groups is 2. The van der Waals surface area contributed by atoms with Crippen LogP contribution >= 0.6 is 11.8 Å². The first kappa shape index (κ1) is 14.3. The Morgan fingerprint density at radius 2 is 2.18 bits per heavy atom. The van der Waals surface area contributed by atoms with Crippen molar-refractivity contribution in [1.82, 2.24) is 4.57 Å². The Morgan fingerprint density at radius 1 is 1.53 bits per heavy atom. The topological polar surface area (TPSA) is 62.5 Å². The van der Waals surface area contributed by atoms with Crippen molar-refractivity contribution in [1.29, 1.82) is 0 Å². The number of ketones is 1. The Bertz CT molecular complexity index is 401. The van der Waals surface area contributed by atoms with Gasteiger partial charge in [0.15, 0.2) is 5.78 Å². The number of aromatic nitrogens is 1. The van der Waals surface area contributed by atoms with Crippen LogP contribution in [-0.2, 0) is 7.05 Å². The number of Topliss-reactive ketones (excluding diaryl/α,β-unsaturated/α-hetero) is 1. The van der Waals surface area contributed by atoms with E-state index in [4.69, 9.17) is 10.2 Å². The molecule has 0 amide bonds. The maximum absolute atomic E-state index is 11.9. The van der Waals surface area contributed by atoms with Gasteiger partial charge in [-0.05, 0) is 19.9 Å². The van der Waals surface area contributed by atoms with Crippen molar-refractivity contribution < 1.29 is 15.0 Å². The first-order valence-electron chi connectivity index (χ1n) is 5.50. The summed E-state index contributed by atoms with van der Waals surface area (Å²) in [5, 5.41) is 17.8. The molecule has 1 rings (SSSR count). The number of thioether (sulfide) groups is 1. The maximum atomic E-state index is 11.9. The molecule has 1 heterocycles. The molecule has 96 valence electrons. The molecular weight excluding hydrogens is 238 g/mol. The number of hydrogen-bond donors (Lipinski definition) is 2. The van der Waals surface area contributed by atoms with Gasteiger partial charge < -0.3 is 14.8 Å². The molecule has 0 saturated carbocycles. The van der Waals surface area contributed by atoms with Gasteiger partial charge in [-0.3, -0.25) is 4.79 Å². The first-order valence-corrected chi connectivity index (χ1v) is 6.65. The third-order valence-corrected chi connectivity index (χ3v) is 3.92. The quantitative estimate of drug-likeness (QED) is 0.744. The fraction of sp³-hybridized carbons (Fsp3) is 0.583. The van der Waals surface area contributed by atoms with Crippen molar-refractivity contribution >= 4 is 17.5 Å². The molecule has 0 radical (unpaired) electrons. The van der Waals surface area contributed by atoms with Crippen LogP contribution in [0.15, 0.2) is 6.07 Å². The van der Waals surface area contributed by atoms with Crippen molar-refractivity contribution in [3.8, 4) is 0 Å². The minimum atomic E-state index is -0.744. The molecule has 0 aliphatic carbocycles. The van der Waals surface area contributed by atoms with E-state index in [1.165, 1.54) is 11.8 Å². The second-order valence-corrected chi connectivity index (χ2v) is 5.15. The highest BCUT2D eigenvalue weighted by atomic mass is 32.2. The molecule has 0 saturated heterocycles. The van der Waals surface area contributed by atoms with E-state index >= 15 is 0 Å². The van der Waals surface area contributed by atoms with Crippen molar-refractivity contribution in [2.75, 3.05) is 18.1 Å². The third-order valence-electron chi connectivity index (χ3n) is 2.83. The fourth-order valence-electron chi connectivity index (χ4n) is 1.56. The van der Waals surface area contributed by atoms with Gasteiger partial charge in [-0.25, -0.2) is 0 Å². The van der Waals surface area contributed by atoms with Gasteiger partial charge in [0.05, 0.1) is 18.5 Å². The van der Waals surface area contributed by atoms with Gasteiger partial charge in [0.1, 0.15) is 0 Å². The lowest BCUT2D eigenvalue weighted by Crippen LogP contribution is -2.16. The van der Waals surface area contributed by atoms with Gasteiger partial charge in [-0.15, -0.1) is 0 Å². The average molecular weight is 257 g/mol. The standard InChI is InChI=1S/C12H19NO3S/c1-8-4-11(9(2)13(8)3)12(16)7-17-6-10(15)5-14/h4,10,14-15H,5-7H2,1-3H3. The van der Waals surface area contributed by atoms with Crippen LogP contribution in [0.3, 0.4) is 0 Å². The Balaban J connectivity index is 2.56. The van der Waals surface area contributed by atoms with Crippen LogP contribution in [0.25, 0.3) is 0 Å². The third kappa shape index (κ3) is 3.59. The number of carbonyl (C=O) groups is 1. The number of rotatable bonds is 6. The number of carbonyl (C=O) groups excluding carboxylic acids is 1. The molecule has 1 aromatic heterocycles. The summed E-state index contributed by atoms with van der Waals surface area (Å²) in [6.07, 6.45) is -0.744. The molecule has 1 aromatic rings. The van der Waals surface area contributed by atoms with E-state index in [1.807, 2.05) is 31.5 Å². The van der Waals surface area contributed by atoms with Gasteiger partial charge >= 0.3 is 0 Å². The summed E-state index contributed by atoms with van der Waals surface area (Å²) < 4.78 is 1.99. The predicted molar refractivity (Wildman–Crippen MR) is 69.6 cm³/mol. The van der Waals surface area contributed by atoms with Crippen LogP contribution < -0.4 is 0 Å². The monoisotopic (exact) mass is 257 g/mol. The Labute approximate surface area is 106 Å². The van der Waals surface area contributed by atoms with E-state index in [0.29, 0.717) is 11.5 Å². The van der Waals surface area contributed by atoms with Gasteiger partial charge in [0, 0.05) is 29.8 Å². The Kier molecular flexibility index (Phi) is 5.24. The molecule has 0 aliphatic heterocycles. The van der Waals surface area contributed by atoms with Gasteiger partial charge in [0.2, 0.25) is 0 Å². The Hall–Kier alpha value is -0.780. The summed E-state index contributed by atoms with van der Waals surface area (Å²) in [7, 11) is 1.93. The predicted octanol–water partition coefficient (Wildman–Crippen LogP) is 0.911. The summed E-state index contributed by atoms with van der Waals surface area (Å²) >= 11 is 1.34.